The first-order valence-electron chi connectivity index (χ1n) is 8.86. The van der Waals surface area contributed by atoms with E-state index in [2.05, 4.69) is 5.32 Å². The van der Waals surface area contributed by atoms with E-state index in [4.69, 9.17) is 4.74 Å². The molecule has 0 unspecified atom stereocenters. The largest absolute Gasteiger partial charge is 0.497 e. The molecule has 1 saturated heterocycles. The van der Waals surface area contributed by atoms with Crippen LogP contribution in [0.25, 0.3) is 0 Å². The lowest BCUT2D eigenvalue weighted by atomic mass is 10.0. The Morgan fingerprint density at radius 2 is 1.88 bits per heavy atom. The Kier molecular flexibility index (Phi) is 6.28. The van der Waals surface area contributed by atoms with Gasteiger partial charge in [0.2, 0.25) is 11.8 Å². The van der Waals surface area contributed by atoms with Crippen molar-refractivity contribution in [1.82, 2.24) is 10.2 Å². The summed E-state index contributed by atoms with van der Waals surface area (Å²) in [5.41, 5.74) is 0.988. The van der Waals surface area contributed by atoms with Crippen LogP contribution in [-0.4, -0.2) is 43.0 Å². The highest BCUT2D eigenvalue weighted by Crippen LogP contribution is 2.16. The van der Waals surface area contributed by atoms with Gasteiger partial charge in [0.25, 0.3) is 0 Å². The van der Waals surface area contributed by atoms with Crippen molar-refractivity contribution in [2.24, 2.45) is 0 Å². The number of benzene rings is 1. The van der Waals surface area contributed by atoms with Crippen LogP contribution < -0.4 is 10.1 Å². The van der Waals surface area contributed by atoms with E-state index < -0.39 is 0 Å². The number of amides is 2. The van der Waals surface area contributed by atoms with E-state index in [9.17, 15) is 9.59 Å². The van der Waals surface area contributed by atoms with Gasteiger partial charge >= 0.3 is 0 Å². The summed E-state index contributed by atoms with van der Waals surface area (Å²) < 4.78 is 5.14. The number of rotatable bonds is 6. The molecule has 1 aromatic carbocycles. The number of thiophene rings is 1. The zero-order valence-corrected chi connectivity index (χ0v) is 15.8. The third-order valence-electron chi connectivity index (χ3n) is 4.64. The van der Waals surface area contributed by atoms with E-state index in [1.54, 1.807) is 18.4 Å². The van der Waals surface area contributed by atoms with Crippen LogP contribution in [0.1, 0.15) is 23.3 Å². The number of nitrogens with one attached hydrogen (secondary N) is 1. The summed E-state index contributed by atoms with van der Waals surface area (Å²) in [4.78, 5) is 27.5. The highest BCUT2D eigenvalue weighted by molar-refractivity contribution is 7.10. The van der Waals surface area contributed by atoms with Gasteiger partial charge in [-0.1, -0.05) is 18.2 Å². The molecule has 1 N–H and O–H groups in total. The molecule has 1 fully saturated rings. The Hall–Kier alpha value is -2.34. The van der Waals surface area contributed by atoms with E-state index in [-0.39, 0.29) is 17.9 Å². The molecule has 1 aromatic heterocycles. The molecule has 2 aromatic rings. The quantitative estimate of drug-likeness (QED) is 0.848. The van der Waals surface area contributed by atoms with E-state index in [0.717, 1.165) is 29.0 Å². The lowest BCUT2D eigenvalue weighted by Gasteiger charge is -2.32. The Balaban J connectivity index is 1.42. The molecule has 0 saturated carbocycles. The summed E-state index contributed by atoms with van der Waals surface area (Å²) in [5, 5.41) is 5.08. The van der Waals surface area contributed by atoms with Crippen LogP contribution >= 0.6 is 11.3 Å². The summed E-state index contributed by atoms with van der Waals surface area (Å²) in [6.45, 7) is 1.39. The lowest BCUT2D eigenvalue weighted by molar-refractivity contribution is -0.131. The average molecular weight is 372 g/mol. The van der Waals surface area contributed by atoms with Crippen molar-refractivity contribution in [3.8, 4) is 5.75 Å². The van der Waals surface area contributed by atoms with Crippen LogP contribution in [-0.2, 0) is 22.4 Å². The number of ether oxygens (including phenoxy) is 1. The molecule has 0 aliphatic carbocycles. The number of methoxy groups -OCH3 is 1. The maximum Gasteiger partial charge on any atom is 0.226 e. The van der Waals surface area contributed by atoms with Gasteiger partial charge in [0.15, 0.2) is 0 Å². The maximum atomic E-state index is 12.5. The first-order valence-corrected chi connectivity index (χ1v) is 9.74. The molecule has 3 rings (SSSR count). The molecule has 0 spiro atoms. The minimum Gasteiger partial charge on any atom is -0.497 e. The van der Waals surface area contributed by atoms with Gasteiger partial charge in [0.1, 0.15) is 5.75 Å². The number of carbonyl (C=O) groups excluding carboxylic acids is 2. The molecule has 26 heavy (non-hydrogen) atoms. The van der Waals surface area contributed by atoms with Gasteiger partial charge in [-0.3, -0.25) is 9.59 Å². The van der Waals surface area contributed by atoms with Crippen molar-refractivity contribution in [2.75, 3.05) is 20.2 Å². The van der Waals surface area contributed by atoms with Crippen molar-refractivity contribution in [2.45, 2.75) is 31.7 Å². The van der Waals surface area contributed by atoms with Crippen molar-refractivity contribution in [3.63, 3.8) is 0 Å². The minimum absolute atomic E-state index is 0.0652. The van der Waals surface area contributed by atoms with Crippen molar-refractivity contribution in [1.29, 1.82) is 0 Å². The molecule has 0 radical (unpaired) electrons. The van der Waals surface area contributed by atoms with Crippen LogP contribution in [0.15, 0.2) is 41.8 Å². The van der Waals surface area contributed by atoms with Gasteiger partial charge in [-0.2, -0.15) is 0 Å². The Labute approximate surface area is 158 Å². The molecular weight excluding hydrogens is 348 g/mol. The van der Waals surface area contributed by atoms with E-state index >= 15 is 0 Å². The van der Waals surface area contributed by atoms with Gasteiger partial charge in [-0.25, -0.2) is 0 Å². The second-order valence-electron chi connectivity index (χ2n) is 6.50. The zero-order valence-electron chi connectivity index (χ0n) is 14.9. The molecule has 5 nitrogen and oxygen atoms in total. The van der Waals surface area contributed by atoms with Crippen molar-refractivity contribution >= 4 is 23.2 Å². The normalized spacial score (nSPS) is 14.9. The highest BCUT2D eigenvalue weighted by atomic mass is 32.1. The monoisotopic (exact) mass is 372 g/mol. The molecule has 0 bridgehead atoms. The molecular formula is C20H24N2O3S. The summed E-state index contributed by atoms with van der Waals surface area (Å²) in [6, 6.07) is 11.7. The number of carbonyl (C=O) groups is 2. The fraction of sp³-hybridized carbons (Fsp3) is 0.400. The third kappa shape index (κ3) is 5.08. The summed E-state index contributed by atoms with van der Waals surface area (Å²) in [7, 11) is 1.63. The van der Waals surface area contributed by atoms with Crippen LogP contribution in [0.4, 0.5) is 0 Å². The smallest absolute Gasteiger partial charge is 0.226 e. The Morgan fingerprint density at radius 3 is 2.50 bits per heavy atom. The zero-order chi connectivity index (χ0) is 18.4. The fourth-order valence-corrected chi connectivity index (χ4v) is 3.86. The number of nitrogens with zero attached hydrogens (tertiary/aromatic N) is 1. The predicted octanol–water partition coefficient (Wildman–Crippen LogP) is 2.65. The predicted molar refractivity (Wildman–Crippen MR) is 102 cm³/mol. The molecule has 6 heteroatoms. The number of hydrogen-bond donors (Lipinski definition) is 1. The molecule has 0 atom stereocenters. The maximum absolute atomic E-state index is 12.5. The summed E-state index contributed by atoms with van der Waals surface area (Å²) in [5.74, 6) is 0.995. The highest BCUT2D eigenvalue weighted by Gasteiger charge is 2.24. The summed E-state index contributed by atoms with van der Waals surface area (Å²) >= 11 is 1.60. The first kappa shape index (κ1) is 18.5. The second-order valence-corrected chi connectivity index (χ2v) is 7.54. The average Bonchev–Trinajstić information content (AvgIpc) is 3.15. The SMILES string of the molecule is COc1ccc(CC(=O)N2CCC(NC(=O)Cc3cccs3)CC2)cc1. The molecule has 1 aliphatic heterocycles. The molecule has 2 heterocycles. The topological polar surface area (TPSA) is 58.6 Å². The van der Waals surface area contributed by atoms with Crippen molar-refractivity contribution < 1.29 is 14.3 Å². The number of likely N-dealkylation sites (tertiary alicyclic amines) is 1. The van der Waals surface area contributed by atoms with Crippen LogP contribution in [0, 0.1) is 0 Å². The number of hydrogen-bond acceptors (Lipinski definition) is 4. The molecule has 1 aliphatic rings. The lowest BCUT2D eigenvalue weighted by Crippen LogP contribution is -2.47. The van der Waals surface area contributed by atoms with Gasteiger partial charge < -0.3 is 15.0 Å². The molecule has 2 amide bonds. The van der Waals surface area contributed by atoms with E-state index in [0.29, 0.717) is 25.9 Å². The van der Waals surface area contributed by atoms with Gasteiger partial charge in [0, 0.05) is 24.0 Å². The van der Waals surface area contributed by atoms with Gasteiger partial charge in [0.05, 0.1) is 20.0 Å². The second kappa shape index (κ2) is 8.85. The first-order chi connectivity index (χ1) is 12.6. The van der Waals surface area contributed by atoms with Crippen LogP contribution in [0.5, 0.6) is 5.75 Å². The Bertz CT molecular complexity index is 720. The van der Waals surface area contributed by atoms with E-state index in [1.165, 1.54) is 0 Å². The third-order valence-corrected chi connectivity index (χ3v) is 5.52. The Morgan fingerprint density at radius 1 is 1.15 bits per heavy atom. The van der Waals surface area contributed by atoms with Gasteiger partial charge in [-0.05, 0) is 42.0 Å². The fourth-order valence-electron chi connectivity index (χ4n) is 3.15. The van der Waals surface area contributed by atoms with Crippen LogP contribution in [0.3, 0.4) is 0 Å². The minimum atomic E-state index is 0.0652. The van der Waals surface area contributed by atoms with Crippen molar-refractivity contribution in [3.05, 3.63) is 52.2 Å². The van der Waals surface area contributed by atoms with Crippen LogP contribution in [0.2, 0.25) is 0 Å². The molecule has 138 valence electrons. The van der Waals surface area contributed by atoms with E-state index in [1.807, 2.05) is 46.7 Å². The number of piperidine rings is 1. The van der Waals surface area contributed by atoms with Gasteiger partial charge in [-0.15, -0.1) is 11.3 Å². The summed E-state index contributed by atoms with van der Waals surface area (Å²) in [6.07, 6.45) is 2.46. The standard InChI is InChI=1S/C20H24N2O3S/c1-25-17-6-4-15(5-7-17)13-20(24)22-10-8-16(9-11-22)21-19(23)14-18-3-2-12-26-18/h2-7,12,16H,8-11,13-14H2,1H3,(H,21,23).